The Balaban J connectivity index is 3.32. The molecule has 1 aromatic heterocycles. The lowest BCUT2D eigenvalue weighted by atomic mass is 10.0. The summed E-state index contributed by atoms with van der Waals surface area (Å²) < 4.78 is 67.8. The van der Waals surface area contributed by atoms with Gasteiger partial charge >= 0.3 is 12.1 Å². The minimum absolute atomic E-state index is 0.0326. The van der Waals surface area contributed by atoms with Gasteiger partial charge in [0.1, 0.15) is 5.69 Å². The van der Waals surface area contributed by atoms with E-state index >= 15 is 0 Å². The minimum Gasteiger partial charge on any atom is -0.466 e. The zero-order chi connectivity index (χ0) is 15.5. The van der Waals surface area contributed by atoms with Crippen molar-refractivity contribution in [2.45, 2.75) is 25.9 Å². The molecular formula is C11H11F5N2O2. The van der Waals surface area contributed by atoms with Gasteiger partial charge in [-0.25, -0.2) is 8.78 Å². The van der Waals surface area contributed by atoms with Crippen molar-refractivity contribution in [2.24, 2.45) is 0 Å². The first kappa shape index (κ1) is 16.1. The molecular weight excluding hydrogens is 287 g/mol. The van der Waals surface area contributed by atoms with Crippen LogP contribution >= 0.6 is 0 Å². The Labute approximate surface area is 110 Å². The first-order chi connectivity index (χ1) is 9.18. The molecule has 1 rings (SSSR count). The third-order valence-corrected chi connectivity index (χ3v) is 2.40. The van der Waals surface area contributed by atoms with Gasteiger partial charge in [-0.1, -0.05) is 0 Å². The van der Waals surface area contributed by atoms with Gasteiger partial charge in [-0.3, -0.25) is 9.78 Å². The van der Waals surface area contributed by atoms with Crippen LogP contribution in [-0.4, -0.2) is 17.6 Å². The highest BCUT2D eigenvalue weighted by Gasteiger charge is 2.36. The van der Waals surface area contributed by atoms with E-state index in [1.54, 1.807) is 0 Å². The van der Waals surface area contributed by atoms with Gasteiger partial charge in [0.2, 0.25) is 0 Å². The number of carbonyl (C=O) groups excluding carboxylic acids is 1. The van der Waals surface area contributed by atoms with Crippen molar-refractivity contribution in [3.8, 4) is 0 Å². The van der Waals surface area contributed by atoms with Crippen LogP contribution < -0.4 is 5.73 Å². The number of hydrogen-bond acceptors (Lipinski definition) is 4. The molecule has 0 spiro atoms. The molecule has 0 bridgehead atoms. The van der Waals surface area contributed by atoms with Gasteiger partial charge in [-0.05, 0) is 6.92 Å². The molecule has 0 aromatic carbocycles. The second-order valence-electron chi connectivity index (χ2n) is 3.73. The molecule has 0 fully saturated rings. The van der Waals surface area contributed by atoms with E-state index in [4.69, 9.17) is 5.73 Å². The van der Waals surface area contributed by atoms with Gasteiger partial charge < -0.3 is 10.5 Å². The maximum atomic E-state index is 12.7. The van der Waals surface area contributed by atoms with E-state index in [1.165, 1.54) is 6.92 Å². The van der Waals surface area contributed by atoms with Crippen LogP contribution in [0.4, 0.5) is 27.6 Å². The number of esters is 1. The average molecular weight is 298 g/mol. The van der Waals surface area contributed by atoms with Gasteiger partial charge in [-0.15, -0.1) is 0 Å². The molecule has 4 nitrogen and oxygen atoms in total. The molecule has 112 valence electrons. The maximum Gasteiger partial charge on any atom is 0.419 e. The second kappa shape index (κ2) is 6.02. The van der Waals surface area contributed by atoms with Crippen LogP contribution in [0.3, 0.4) is 0 Å². The summed E-state index contributed by atoms with van der Waals surface area (Å²) in [6, 6.07) is 0. The SMILES string of the molecule is CCOC(=O)Cc1c(C(F)F)ncc(C(F)(F)F)c1N. The average Bonchev–Trinajstić information content (AvgIpc) is 2.29. The lowest BCUT2D eigenvalue weighted by Crippen LogP contribution is -2.17. The smallest absolute Gasteiger partial charge is 0.419 e. The monoisotopic (exact) mass is 298 g/mol. The molecule has 0 saturated carbocycles. The van der Waals surface area contributed by atoms with E-state index in [2.05, 4.69) is 9.72 Å². The molecule has 0 atom stereocenters. The van der Waals surface area contributed by atoms with Crippen LogP contribution in [0.1, 0.15) is 30.2 Å². The number of nitrogen functional groups attached to an aromatic ring is 1. The number of halogens is 5. The number of alkyl halides is 5. The van der Waals surface area contributed by atoms with Crippen molar-refractivity contribution in [3.05, 3.63) is 23.0 Å². The molecule has 0 aliphatic rings. The molecule has 0 aliphatic carbocycles. The topological polar surface area (TPSA) is 65.2 Å². The van der Waals surface area contributed by atoms with Gasteiger partial charge in [0, 0.05) is 11.8 Å². The van der Waals surface area contributed by atoms with Crippen molar-refractivity contribution in [1.29, 1.82) is 0 Å². The molecule has 0 radical (unpaired) electrons. The van der Waals surface area contributed by atoms with Crippen molar-refractivity contribution >= 4 is 11.7 Å². The van der Waals surface area contributed by atoms with Crippen molar-refractivity contribution in [1.82, 2.24) is 4.98 Å². The minimum atomic E-state index is -4.85. The number of rotatable bonds is 4. The zero-order valence-electron chi connectivity index (χ0n) is 10.3. The normalized spacial score (nSPS) is 11.8. The Morgan fingerprint density at radius 3 is 2.50 bits per heavy atom. The number of nitrogens with zero attached hydrogens (tertiary/aromatic N) is 1. The molecule has 0 amide bonds. The highest BCUT2D eigenvalue weighted by molar-refractivity contribution is 5.76. The van der Waals surface area contributed by atoms with E-state index in [1.807, 2.05) is 0 Å². The van der Waals surface area contributed by atoms with Crippen LogP contribution in [0, 0.1) is 0 Å². The number of aromatic nitrogens is 1. The summed E-state index contributed by atoms with van der Waals surface area (Å²) >= 11 is 0. The largest absolute Gasteiger partial charge is 0.466 e. The summed E-state index contributed by atoms with van der Waals surface area (Å²) in [5.74, 6) is -0.956. The quantitative estimate of drug-likeness (QED) is 0.685. The van der Waals surface area contributed by atoms with Crippen LogP contribution in [0.15, 0.2) is 6.20 Å². The van der Waals surface area contributed by atoms with E-state index in [-0.39, 0.29) is 12.8 Å². The Morgan fingerprint density at radius 1 is 1.45 bits per heavy atom. The Bertz CT molecular complexity index is 502. The molecule has 9 heteroatoms. The number of carbonyl (C=O) groups is 1. The summed E-state index contributed by atoms with van der Waals surface area (Å²) in [7, 11) is 0. The Hall–Kier alpha value is -1.93. The lowest BCUT2D eigenvalue weighted by molar-refractivity contribution is -0.142. The zero-order valence-corrected chi connectivity index (χ0v) is 10.3. The summed E-state index contributed by atoms with van der Waals surface area (Å²) in [5, 5.41) is 0. The Morgan fingerprint density at radius 2 is 2.05 bits per heavy atom. The molecule has 0 saturated heterocycles. The predicted molar refractivity (Wildman–Crippen MR) is 58.9 cm³/mol. The summed E-state index contributed by atoms with van der Waals surface area (Å²) in [4.78, 5) is 14.3. The van der Waals surface area contributed by atoms with Crippen LogP contribution in [0.2, 0.25) is 0 Å². The van der Waals surface area contributed by atoms with Gasteiger partial charge in [0.15, 0.2) is 0 Å². The third-order valence-electron chi connectivity index (χ3n) is 2.40. The predicted octanol–water partition coefficient (Wildman–Crippen LogP) is 2.73. The summed E-state index contributed by atoms with van der Waals surface area (Å²) in [6.07, 6.45) is -8.56. The number of pyridine rings is 1. The maximum absolute atomic E-state index is 12.7. The van der Waals surface area contributed by atoms with E-state index in [9.17, 15) is 26.7 Å². The van der Waals surface area contributed by atoms with Gasteiger partial charge in [0.25, 0.3) is 6.43 Å². The molecule has 1 aromatic rings. The second-order valence-corrected chi connectivity index (χ2v) is 3.73. The third kappa shape index (κ3) is 3.55. The van der Waals surface area contributed by atoms with E-state index in [0.29, 0.717) is 0 Å². The summed E-state index contributed by atoms with van der Waals surface area (Å²) in [5.41, 5.74) is 1.34. The standard InChI is InChI=1S/C11H11F5N2O2/c1-2-20-7(19)3-5-8(17)6(11(14,15)16)4-18-9(5)10(12)13/h4,10H,2-3H2,1H3,(H2,17,18). The van der Waals surface area contributed by atoms with E-state index in [0.717, 1.165) is 0 Å². The molecule has 0 unspecified atom stereocenters. The van der Waals surface area contributed by atoms with Crippen molar-refractivity contribution in [3.63, 3.8) is 0 Å². The van der Waals surface area contributed by atoms with Crippen molar-refractivity contribution < 1.29 is 31.5 Å². The number of anilines is 1. The highest BCUT2D eigenvalue weighted by atomic mass is 19.4. The Kier molecular flexibility index (Phi) is 4.85. The number of ether oxygens (including phenoxy) is 1. The first-order valence-electron chi connectivity index (χ1n) is 5.46. The van der Waals surface area contributed by atoms with Gasteiger partial charge in [0.05, 0.1) is 24.3 Å². The fourth-order valence-corrected chi connectivity index (χ4v) is 1.54. The lowest BCUT2D eigenvalue weighted by Gasteiger charge is -2.16. The molecule has 0 aliphatic heterocycles. The van der Waals surface area contributed by atoms with Crippen molar-refractivity contribution in [2.75, 3.05) is 12.3 Å². The first-order valence-corrected chi connectivity index (χ1v) is 5.46. The van der Waals surface area contributed by atoms with Crippen LogP contribution in [-0.2, 0) is 22.1 Å². The molecule has 20 heavy (non-hydrogen) atoms. The van der Waals surface area contributed by atoms with E-state index < -0.39 is 47.5 Å². The number of hydrogen-bond donors (Lipinski definition) is 1. The molecule has 2 N–H and O–H groups in total. The van der Waals surface area contributed by atoms with Crippen LogP contribution in [0.25, 0.3) is 0 Å². The summed E-state index contributed by atoms with van der Waals surface area (Å²) in [6.45, 7) is 1.44. The number of nitrogens with two attached hydrogens (primary N) is 1. The molecule has 1 heterocycles. The fraction of sp³-hybridized carbons (Fsp3) is 0.455. The highest BCUT2D eigenvalue weighted by Crippen LogP contribution is 2.37. The van der Waals surface area contributed by atoms with Crippen LogP contribution in [0.5, 0.6) is 0 Å². The fourth-order valence-electron chi connectivity index (χ4n) is 1.54. The van der Waals surface area contributed by atoms with Gasteiger partial charge in [-0.2, -0.15) is 13.2 Å².